The molecule has 1 aromatic rings. The van der Waals surface area contributed by atoms with E-state index in [-0.39, 0.29) is 5.91 Å². The second kappa shape index (κ2) is 6.69. The number of hydrogen-bond acceptors (Lipinski definition) is 1. The standard InChI is InChI=1S/C13H18BrNO/c1-3-11-6-4-5-7-12(11)13(16)15-9-8-10(2)14/h4-7,10H,3,8-9H2,1-2H3,(H,15,16). The molecule has 1 rings (SSSR count). The Labute approximate surface area is 106 Å². The van der Waals surface area contributed by atoms with Crippen molar-refractivity contribution in [2.24, 2.45) is 0 Å². The minimum Gasteiger partial charge on any atom is -0.352 e. The van der Waals surface area contributed by atoms with Crippen molar-refractivity contribution in [3.8, 4) is 0 Å². The summed E-state index contributed by atoms with van der Waals surface area (Å²) in [6, 6.07) is 7.76. The molecule has 0 spiro atoms. The van der Waals surface area contributed by atoms with Gasteiger partial charge in [-0.3, -0.25) is 4.79 Å². The predicted molar refractivity (Wildman–Crippen MR) is 71.2 cm³/mol. The molecule has 3 heteroatoms. The summed E-state index contributed by atoms with van der Waals surface area (Å²) in [5.41, 5.74) is 1.90. The number of rotatable bonds is 5. The fourth-order valence-corrected chi connectivity index (χ4v) is 1.76. The Balaban J connectivity index is 2.59. The van der Waals surface area contributed by atoms with Crippen LogP contribution in [0, 0.1) is 0 Å². The number of carbonyl (C=O) groups excluding carboxylic acids is 1. The number of halogens is 1. The lowest BCUT2D eigenvalue weighted by Gasteiger charge is -2.09. The lowest BCUT2D eigenvalue weighted by Crippen LogP contribution is -2.26. The summed E-state index contributed by atoms with van der Waals surface area (Å²) in [5.74, 6) is 0.0330. The Kier molecular flexibility index (Phi) is 5.53. The molecule has 0 aliphatic carbocycles. The van der Waals surface area contributed by atoms with Crippen molar-refractivity contribution in [3.63, 3.8) is 0 Å². The van der Waals surface area contributed by atoms with E-state index < -0.39 is 0 Å². The molecule has 1 aromatic carbocycles. The molecule has 0 heterocycles. The average molecular weight is 284 g/mol. The van der Waals surface area contributed by atoms with E-state index in [4.69, 9.17) is 0 Å². The molecule has 16 heavy (non-hydrogen) atoms. The number of carbonyl (C=O) groups is 1. The summed E-state index contributed by atoms with van der Waals surface area (Å²) in [6.07, 6.45) is 1.83. The van der Waals surface area contributed by atoms with E-state index in [0.29, 0.717) is 11.4 Å². The summed E-state index contributed by atoms with van der Waals surface area (Å²) in [4.78, 5) is 12.3. The first-order valence-electron chi connectivity index (χ1n) is 5.65. The fourth-order valence-electron chi connectivity index (χ4n) is 1.53. The highest BCUT2D eigenvalue weighted by Crippen LogP contribution is 2.09. The van der Waals surface area contributed by atoms with Gasteiger partial charge in [-0.1, -0.05) is 48.0 Å². The third-order valence-corrected chi connectivity index (χ3v) is 2.93. The van der Waals surface area contributed by atoms with Crippen molar-refractivity contribution in [3.05, 3.63) is 35.4 Å². The molecular weight excluding hydrogens is 266 g/mol. The quantitative estimate of drug-likeness (QED) is 0.827. The second-order valence-electron chi connectivity index (χ2n) is 3.84. The van der Waals surface area contributed by atoms with Gasteiger partial charge in [-0.25, -0.2) is 0 Å². The Hall–Kier alpha value is -0.830. The Bertz CT molecular complexity index is 350. The van der Waals surface area contributed by atoms with E-state index in [9.17, 15) is 4.79 Å². The molecule has 0 fully saturated rings. The van der Waals surface area contributed by atoms with Crippen molar-refractivity contribution in [2.75, 3.05) is 6.54 Å². The van der Waals surface area contributed by atoms with E-state index in [1.54, 1.807) is 0 Å². The molecule has 0 aliphatic rings. The van der Waals surface area contributed by atoms with Gasteiger partial charge in [0.2, 0.25) is 0 Å². The van der Waals surface area contributed by atoms with Crippen LogP contribution in [0.3, 0.4) is 0 Å². The zero-order valence-electron chi connectivity index (χ0n) is 9.79. The van der Waals surface area contributed by atoms with Crippen LogP contribution in [0.5, 0.6) is 0 Å². The van der Waals surface area contributed by atoms with E-state index >= 15 is 0 Å². The molecule has 0 aliphatic heterocycles. The summed E-state index contributed by atoms with van der Waals surface area (Å²) < 4.78 is 0. The summed E-state index contributed by atoms with van der Waals surface area (Å²) in [5, 5.41) is 2.94. The molecule has 1 atom stereocenters. The van der Waals surface area contributed by atoms with Gasteiger partial charge in [-0.2, -0.15) is 0 Å². The smallest absolute Gasteiger partial charge is 0.251 e. The summed E-state index contributed by atoms with van der Waals surface area (Å²) in [7, 11) is 0. The van der Waals surface area contributed by atoms with Crippen molar-refractivity contribution in [1.29, 1.82) is 0 Å². The van der Waals surface area contributed by atoms with Crippen LogP contribution >= 0.6 is 15.9 Å². The van der Waals surface area contributed by atoms with Gasteiger partial charge in [0.1, 0.15) is 0 Å². The number of hydrogen-bond donors (Lipinski definition) is 1. The van der Waals surface area contributed by atoms with Gasteiger partial charge >= 0.3 is 0 Å². The maximum absolute atomic E-state index is 11.9. The first-order chi connectivity index (χ1) is 7.65. The van der Waals surface area contributed by atoms with Crippen LogP contribution in [0.25, 0.3) is 0 Å². The molecular formula is C13H18BrNO. The molecule has 0 radical (unpaired) electrons. The first-order valence-corrected chi connectivity index (χ1v) is 6.57. The van der Waals surface area contributed by atoms with Crippen LogP contribution in [0.15, 0.2) is 24.3 Å². The van der Waals surface area contributed by atoms with Crippen LogP contribution in [0.4, 0.5) is 0 Å². The Morgan fingerprint density at radius 1 is 1.44 bits per heavy atom. The molecule has 1 unspecified atom stereocenters. The molecule has 2 nitrogen and oxygen atoms in total. The maximum Gasteiger partial charge on any atom is 0.251 e. The SMILES string of the molecule is CCc1ccccc1C(=O)NCCC(C)Br. The highest BCUT2D eigenvalue weighted by Gasteiger charge is 2.08. The zero-order chi connectivity index (χ0) is 12.0. The molecule has 0 aromatic heterocycles. The second-order valence-corrected chi connectivity index (χ2v) is 5.40. The van der Waals surface area contributed by atoms with Gasteiger partial charge in [0.05, 0.1) is 0 Å². The number of aryl methyl sites for hydroxylation is 1. The average Bonchev–Trinajstić information content (AvgIpc) is 2.28. The van der Waals surface area contributed by atoms with Gasteiger partial charge in [0, 0.05) is 16.9 Å². The number of nitrogens with one attached hydrogen (secondary N) is 1. The van der Waals surface area contributed by atoms with Gasteiger partial charge in [0.15, 0.2) is 0 Å². The highest BCUT2D eigenvalue weighted by molar-refractivity contribution is 9.09. The predicted octanol–water partition coefficient (Wildman–Crippen LogP) is 3.15. The monoisotopic (exact) mass is 283 g/mol. The highest BCUT2D eigenvalue weighted by atomic mass is 79.9. The van der Waals surface area contributed by atoms with Crippen molar-refractivity contribution in [1.82, 2.24) is 5.32 Å². The summed E-state index contributed by atoms with van der Waals surface area (Å²) in [6.45, 7) is 4.85. The van der Waals surface area contributed by atoms with E-state index in [1.807, 2.05) is 24.3 Å². The largest absolute Gasteiger partial charge is 0.352 e. The summed E-state index contributed by atoms with van der Waals surface area (Å²) >= 11 is 3.46. The molecule has 0 bridgehead atoms. The van der Waals surface area contributed by atoms with Gasteiger partial charge in [-0.15, -0.1) is 0 Å². The van der Waals surface area contributed by atoms with Crippen LogP contribution in [0.2, 0.25) is 0 Å². The molecule has 1 amide bonds. The maximum atomic E-state index is 11.9. The Morgan fingerprint density at radius 2 is 2.12 bits per heavy atom. The first kappa shape index (κ1) is 13.2. The number of alkyl halides is 1. The van der Waals surface area contributed by atoms with Gasteiger partial charge < -0.3 is 5.32 Å². The third kappa shape index (κ3) is 3.97. The van der Waals surface area contributed by atoms with Crippen molar-refractivity contribution >= 4 is 21.8 Å². The molecule has 0 saturated carbocycles. The van der Waals surface area contributed by atoms with Crippen LogP contribution in [-0.4, -0.2) is 17.3 Å². The Morgan fingerprint density at radius 3 is 2.75 bits per heavy atom. The topological polar surface area (TPSA) is 29.1 Å². The lowest BCUT2D eigenvalue weighted by molar-refractivity contribution is 0.0952. The normalized spacial score (nSPS) is 12.2. The van der Waals surface area contributed by atoms with Crippen LogP contribution in [-0.2, 0) is 6.42 Å². The van der Waals surface area contributed by atoms with Crippen molar-refractivity contribution in [2.45, 2.75) is 31.5 Å². The van der Waals surface area contributed by atoms with Crippen molar-refractivity contribution < 1.29 is 4.79 Å². The molecule has 88 valence electrons. The lowest BCUT2D eigenvalue weighted by atomic mass is 10.0. The van der Waals surface area contributed by atoms with Gasteiger partial charge in [0.25, 0.3) is 5.91 Å². The van der Waals surface area contributed by atoms with E-state index in [1.165, 1.54) is 0 Å². The number of amides is 1. The van der Waals surface area contributed by atoms with E-state index in [0.717, 1.165) is 24.0 Å². The third-order valence-electron chi connectivity index (χ3n) is 2.47. The van der Waals surface area contributed by atoms with Crippen LogP contribution in [0.1, 0.15) is 36.2 Å². The number of benzene rings is 1. The zero-order valence-corrected chi connectivity index (χ0v) is 11.4. The molecule has 1 N–H and O–H groups in total. The van der Waals surface area contributed by atoms with Gasteiger partial charge in [-0.05, 0) is 24.5 Å². The van der Waals surface area contributed by atoms with Crippen LogP contribution < -0.4 is 5.32 Å². The minimum atomic E-state index is 0.0330. The molecule has 0 saturated heterocycles. The van der Waals surface area contributed by atoms with E-state index in [2.05, 4.69) is 35.1 Å². The minimum absolute atomic E-state index is 0.0330. The fraction of sp³-hybridized carbons (Fsp3) is 0.462.